The molecular formula is C18H16O5. The van der Waals surface area contributed by atoms with Crippen molar-refractivity contribution in [3.8, 4) is 11.5 Å². The third kappa shape index (κ3) is 4.20. The highest BCUT2D eigenvalue weighted by atomic mass is 16.7. The summed E-state index contributed by atoms with van der Waals surface area (Å²) in [5.41, 5.74) is 0.912. The molecular weight excluding hydrogens is 296 g/mol. The largest absolute Gasteiger partial charge is 0.507 e. The lowest BCUT2D eigenvalue weighted by Crippen LogP contribution is -2.10. The molecule has 0 heterocycles. The van der Waals surface area contributed by atoms with Gasteiger partial charge in [-0.1, -0.05) is 36.9 Å². The molecule has 0 saturated heterocycles. The van der Waals surface area contributed by atoms with Crippen LogP contribution >= 0.6 is 0 Å². The molecule has 0 spiro atoms. The van der Waals surface area contributed by atoms with E-state index in [0.717, 1.165) is 0 Å². The molecule has 5 nitrogen and oxygen atoms in total. The summed E-state index contributed by atoms with van der Waals surface area (Å²) < 4.78 is 9.98. The van der Waals surface area contributed by atoms with Crippen molar-refractivity contribution in [1.29, 1.82) is 0 Å². The monoisotopic (exact) mass is 312 g/mol. The lowest BCUT2D eigenvalue weighted by Gasteiger charge is -2.09. The first kappa shape index (κ1) is 16.3. The van der Waals surface area contributed by atoms with E-state index < -0.39 is 5.97 Å². The Labute approximate surface area is 133 Å². The van der Waals surface area contributed by atoms with Crippen molar-refractivity contribution in [2.24, 2.45) is 0 Å². The Balaban J connectivity index is 2.05. The number of esters is 1. The zero-order chi connectivity index (χ0) is 16.8. The van der Waals surface area contributed by atoms with Gasteiger partial charge in [0.1, 0.15) is 11.5 Å². The average Bonchev–Trinajstić information content (AvgIpc) is 2.55. The molecule has 0 fully saturated rings. The Bertz CT molecular complexity index is 734. The minimum Gasteiger partial charge on any atom is -0.507 e. The molecule has 0 aromatic heterocycles. The second kappa shape index (κ2) is 7.26. The van der Waals surface area contributed by atoms with Crippen molar-refractivity contribution >= 4 is 11.8 Å². The Hall–Kier alpha value is -3.08. The maximum Gasteiger partial charge on any atom is 0.335 e. The van der Waals surface area contributed by atoms with Crippen LogP contribution < -0.4 is 4.74 Å². The first-order valence-electron chi connectivity index (χ1n) is 6.87. The van der Waals surface area contributed by atoms with Crippen LogP contribution in [0.15, 0.2) is 60.7 Å². The molecule has 0 saturated carbocycles. The number of ether oxygens (including phenoxy) is 2. The molecule has 0 amide bonds. The van der Waals surface area contributed by atoms with E-state index in [-0.39, 0.29) is 35.2 Å². The van der Waals surface area contributed by atoms with Crippen LogP contribution in [0, 0.1) is 0 Å². The molecule has 0 bridgehead atoms. The zero-order valence-corrected chi connectivity index (χ0v) is 12.6. The summed E-state index contributed by atoms with van der Waals surface area (Å²) in [6.45, 7) is 4.66. The van der Waals surface area contributed by atoms with Gasteiger partial charge in [0.25, 0.3) is 0 Å². The van der Waals surface area contributed by atoms with Gasteiger partial charge >= 0.3 is 5.97 Å². The van der Waals surface area contributed by atoms with Gasteiger partial charge < -0.3 is 14.6 Å². The van der Waals surface area contributed by atoms with Crippen molar-refractivity contribution in [1.82, 2.24) is 0 Å². The lowest BCUT2D eigenvalue weighted by molar-refractivity contribution is -0.145. The van der Waals surface area contributed by atoms with Crippen LogP contribution in [-0.2, 0) is 9.53 Å². The van der Waals surface area contributed by atoms with Crippen molar-refractivity contribution in [3.05, 3.63) is 71.8 Å². The van der Waals surface area contributed by atoms with Gasteiger partial charge in [-0.25, -0.2) is 4.79 Å². The molecule has 1 N–H and O–H groups in total. The molecule has 0 unspecified atom stereocenters. The fourth-order valence-corrected chi connectivity index (χ4v) is 1.81. The van der Waals surface area contributed by atoms with Gasteiger partial charge in [0.05, 0.1) is 5.56 Å². The van der Waals surface area contributed by atoms with Crippen molar-refractivity contribution in [2.45, 2.75) is 6.92 Å². The highest BCUT2D eigenvalue weighted by molar-refractivity contribution is 6.10. The number of rotatable bonds is 6. The molecule has 0 aliphatic heterocycles. The number of carbonyl (C=O) groups is 2. The standard InChI is InChI=1S/C18H16O5/c1-12(2)18(21)23-11-22-14-8-9-15(16(19)10-14)17(20)13-6-4-3-5-7-13/h3-10,19H,1,11H2,2H3. The topological polar surface area (TPSA) is 72.8 Å². The predicted molar refractivity (Wildman–Crippen MR) is 84.4 cm³/mol. The molecule has 2 aromatic carbocycles. The van der Waals surface area contributed by atoms with E-state index in [1.54, 1.807) is 30.3 Å². The summed E-state index contributed by atoms with van der Waals surface area (Å²) >= 11 is 0. The summed E-state index contributed by atoms with van der Waals surface area (Å²) in [5.74, 6) is -0.780. The third-order valence-corrected chi connectivity index (χ3v) is 3.01. The third-order valence-electron chi connectivity index (χ3n) is 3.01. The van der Waals surface area contributed by atoms with Crippen LogP contribution in [0.1, 0.15) is 22.8 Å². The van der Waals surface area contributed by atoms with Gasteiger partial charge in [-0.2, -0.15) is 0 Å². The molecule has 23 heavy (non-hydrogen) atoms. The number of phenols is 1. The average molecular weight is 312 g/mol. The number of benzene rings is 2. The lowest BCUT2D eigenvalue weighted by atomic mass is 10.0. The van der Waals surface area contributed by atoms with Crippen molar-refractivity contribution in [3.63, 3.8) is 0 Å². The molecule has 0 aliphatic carbocycles. The molecule has 0 atom stereocenters. The SMILES string of the molecule is C=C(C)C(=O)OCOc1ccc(C(=O)c2ccccc2)c(O)c1. The summed E-state index contributed by atoms with van der Waals surface area (Å²) in [5, 5.41) is 10.00. The fourth-order valence-electron chi connectivity index (χ4n) is 1.81. The number of hydrogen-bond donors (Lipinski definition) is 1. The Morgan fingerprint density at radius 1 is 1.13 bits per heavy atom. The first-order chi connectivity index (χ1) is 11.0. The van der Waals surface area contributed by atoms with E-state index in [4.69, 9.17) is 9.47 Å². The Morgan fingerprint density at radius 2 is 1.83 bits per heavy atom. The quantitative estimate of drug-likeness (QED) is 0.384. The highest BCUT2D eigenvalue weighted by Gasteiger charge is 2.14. The summed E-state index contributed by atoms with van der Waals surface area (Å²) in [6.07, 6.45) is 0. The smallest absolute Gasteiger partial charge is 0.335 e. The predicted octanol–water partition coefficient (Wildman–Crippen LogP) is 3.08. The van der Waals surface area contributed by atoms with Gasteiger partial charge in [-0.3, -0.25) is 4.79 Å². The molecule has 118 valence electrons. The van der Waals surface area contributed by atoms with E-state index in [2.05, 4.69) is 6.58 Å². The van der Waals surface area contributed by atoms with Gasteiger partial charge in [-0.15, -0.1) is 0 Å². The maximum atomic E-state index is 12.3. The normalized spacial score (nSPS) is 9.96. The van der Waals surface area contributed by atoms with Gasteiger partial charge in [0.15, 0.2) is 5.78 Å². The van der Waals surface area contributed by atoms with Crippen LogP contribution in [0.2, 0.25) is 0 Å². The van der Waals surface area contributed by atoms with Crippen molar-refractivity contribution < 1.29 is 24.2 Å². The van der Waals surface area contributed by atoms with Crippen LogP contribution in [-0.4, -0.2) is 23.7 Å². The first-order valence-corrected chi connectivity index (χ1v) is 6.87. The molecule has 0 radical (unpaired) electrons. The minimum atomic E-state index is -0.565. The number of carbonyl (C=O) groups excluding carboxylic acids is 2. The second-order valence-electron chi connectivity index (χ2n) is 4.85. The van der Waals surface area contributed by atoms with E-state index in [9.17, 15) is 14.7 Å². The minimum absolute atomic E-state index is 0.169. The van der Waals surface area contributed by atoms with Gasteiger partial charge in [0, 0.05) is 17.2 Å². The van der Waals surface area contributed by atoms with E-state index in [1.165, 1.54) is 25.1 Å². The van der Waals surface area contributed by atoms with E-state index in [1.807, 2.05) is 0 Å². The molecule has 0 aliphatic rings. The fraction of sp³-hybridized carbons (Fsp3) is 0.111. The number of ketones is 1. The van der Waals surface area contributed by atoms with Crippen LogP contribution in [0.25, 0.3) is 0 Å². The Morgan fingerprint density at radius 3 is 2.43 bits per heavy atom. The van der Waals surface area contributed by atoms with Crippen LogP contribution in [0.3, 0.4) is 0 Å². The van der Waals surface area contributed by atoms with E-state index >= 15 is 0 Å². The maximum absolute atomic E-state index is 12.3. The summed E-state index contributed by atoms with van der Waals surface area (Å²) in [4.78, 5) is 23.5. The molecule has 5 heteroatoms. The summed E-state index contributed by atoms with van der Waals surface area (Å²) in [6, 6.07) is 12.9. The molecule has 2 aromatic rings. The van der Waals surface area contributed by atoms with Gasteiger partial charge in [0.2, 0.25) is 6.79 Å². The number of aromatic hydroxyl groups is 1. The Kier molecular flexibility index (Phi) is 5.15. The number of phenolic OH excluding ortho intramolecular Hbond substituents is 1. The second-order valence-corrected chi connectivity index (χ2v) is 4.85. The number of hydrogen-bond acceptors (Lipinski definition) is 5. The van der Waals surface area contributed by atoms with Gasteiger partial charge in [-0.05, 0) is 19.1 Å². The highest BCUT2D eigenvalue weighted by Crippen LogP contribution is 2.25. The summed E-state index contributed by atoms with van der Waals surface area (Å²) in [7, 11) is 0. The van der Waals surface area contributed by atoms with Crippen LogP contribution in [0.4, 0.5) is 0 Å². The van der Waals surface area contributed by atoms with E-state index in [0.29, 0.717) is 5.56 Å². The zero-order valence-electron chi connectivity index (χ0n) is 12.6. The molecule has 2 rings (SSSR count). The van der Waals surface area contributed by atoms with Crippen molar-refractivity contribution in [2.75, 3.05) is 6.79 Å². The van der Waals surface area contributed by atoms with Crippen LogP contribution in [0.5, 0.6) is 11.5 Å².